The topological polar surface area (TPSA) is 59.1 Å². The van der Waals surface area contributed by atoms with E-state index < -0.39 is 9.84 Å². The summed E-state index contributed by atoms with van der Waals surface area (Å²) in [5.41, 5.74) is 2.27. The molecule has 1 aromatic heterocycles. The van der Waals surface area contributed by atoms with E-state index in [2.05, 4.69) is 16.4 Å². The summed E-state index contributed by atoms with van der Waals surface area (Å²) < 4.78 is 22.7. The minimum atomic E-state index is -3.11. The van der Waals surface area contributed by atoms with Gasteiger partial charge in [0.05, 0.1) is 4.90 Å². The fourth-order valence-electron chi connectivity index (χ4n) is 1.87. The van der Waals surface area contributed by atoms with E-state index in [0.717, 1.165) is 25.1 Å². The van der Waals surface area contributed by atoms with Crippen LogP contribution in [0.15, 0.2) is 53.7 Å². The Kier molecular flexibility index (Phi) is 4.87. The lowest BCUT2D eigenvalue weighted by Crippen LogP contribution is -2.16. The van der Waals surface area contributed by atoms with Crippen molar-refractivity contribution in [3.05, 3.63) is 59.9 Å². The van der Waals surface area contributed by atoms with Gasteiger partial charge in [-0.25, -0.2) is 8.42 Å². The van der Waals surface area contributed by atoms with Gasteiger partial charge in [-0.05, 0) is 42.3 Å². The van der Waals surface area contributed by atoms with Gasteiger partial charge in [0.15, 0.2) is 9.84 Å². The average Bonchev–Trinajstić information content (AvgIpc) is 2.44. The molecule has 0 aliphatic carbocycles. The Labute approximate surface area is 119 Å². The molecule has 0 fully saturated rings. The predicted molar refractivity (Wildman–Crippen MR) is 79.2 cm³/mol. The molecular weight excluding hydrogens is 272 g/mol. The van der Waals surface area contributed by atoms with Gasteiger partial charge in [0.25, 0.3) is 0 Å². The van der Waals surface area contributed by atoms with Gasteiger partial charge in [-0.2, -0.15) is 0 Å². The molecule has 0 unspecified atom stereocenters. The number of hydrogen-bond donors (Lipinski definition) is 1. The summed E-state index contributed by atoms with van der Waals surface area (Å²) in [5.74, 6) is 0. The molecule has 2 rings (SSSR count). The minimum absolute atomic E-state index is 0.358. The predicted octanol–water partition coefficient (Wildman–Crippen LogP) is 1.82. The van der Waals surface area contributed by atoms with E-state index in [1.54, 1.807) is 18.3 Å². The van der Waals surface area contributed by atoms with Crippen LogP contribution in [0.25, 0.3) is 0 Å². The van der Waals surface area contributed by atoms with Gasteiger partial charge < -0.3 is 5.32 Å². The fourth-order valence-corrected chi connectivity index (χ4v) is 2.50. The summed E-state index contributed by atoms with van der Waals surface area (Å²) in [6, 6.07) is 11.0. The Morgan fingerprint density at radius 1 is 1.10 bits per heavy atom. The zero-order valence-corrected chi connectivity index (χ0v) is 12.2. The van der Waals surface area contributed by atoms with Crippen LogP contribution in [0.5, 0.6) is 0 Å². The Balaban J connectivity index is 1.80. The van der Waals surface area contributed by atoms with Crippen LogP contribution < -0.4 is 5.32 Å². The molecule has 0 radical (unpaired) electrons. The highest BCUT2D eigenvalue weighted by Crippen LogP contribution is 2.10. The summed E-state index contributed by atoms with van der Waals surface area (Å²) in [5, 5.41) is 3.33. The number of nitrogens with zero attached hydrogens (tertiary/aromatic N) is 1. The van der Waals surface area contributed by atoms with Gasteiger partial charge >= 0.3 is 0 Å². The minimum Gasteiger partial charge on any atom is -0.312 e. The van der Waals surface area contributed by atoms with Crippen molar-refractivity contribution >= 4 is 9.84 Å². The highest BCUT2D eigenvalue weighted by Gasteiger charge is 2.05. The normalized spacial score (nSPS) is 11.4. The fraction of sp³-hybridized carbons (Fsp3) is 0.267. The van der Waals surface area contributed by atoms with Gasteiger partial charge in [0, 0.05) is 25.2 Å². The zero-order valence-electron chi connectivity index (χ0n) is 11.4. The number of benzene rings is 1. The largest absolute Gasteiger partial charge is 0.312 e. The van der Waals surface area contributed by atoms with Gasteiger partial charge in [0.1, 0.15) is 0 Å². The average molecular weight is 290 g/mol. The van der Waals surface area contributed by atoms with Crippen LogP contribution in [0.2, 0.25) is 0 Å². The molecule has 0 atom stereocenters. The van der Waals surface area contributed by atoms with Crippen LogP contribution in [-0.4, -0.2) is 26.2 Å². The van der Waals surface area contributed by atoms with Crippen molar-refractivity contribution in [3.63, 3.8) is 0 Å². The molecule has 0 aliphatic heterocycles. The lowest BCUT2D eigenvalue weighted by atomic mass is 10.2. The first-order valence-electron chi connectivity index (χ1n) is 6.44. The lowest BCUT2D eigenvalue weighted by Gasteiger charge is -2.06. The van der Waals surface area contributed by atoms with E-state index in [9.17, 15) is 8.42 Å². The first-order chi connectivity index (χ1) is 9.55. The van der Waals surface area contributed by atoms with Crippen molar-refractivity contribution in [3.8, 4) is 0 Å². The molecule has 0 saturated heterocycles. The van der Waals surface area contributed by atoms with Crippen LogP contribution in [-0.2, 0) is 22.8 Å². The molecule has 0 amide bonds. The Morgan fingerprint density at radius 3 is 2.45 bits per heavy atom. The highest BCUT2D eigenvalue weighted by molar-refractivity contribution is 7.90. The molecule has 1 N–H and O–H groups in total. The quantitative estimate of drug-likeness (QED) is 0.824. The van der Waals surface area contributed by atoms with Crippen LogP contribution in [0.1, 0.15) is 11.1 Å². The number of sulfone groups is 1. The van der Waals surface area contributed by atoms with E-state index >= 15 is 0 Å². The number of pyridine rings is 1. The molecule has 5 heteroatoms. The third kappa shape index (κ3) is 4.43. The molecule has 106 valence electrons. The number of rotatable bonds is 6. The Hall–Kier alpha value is -1.72. The molecule has 0 spiro atoms. The molecular formula is C15H18N2O2S. The van der Waals surface area contributed by atoms with E-state index in [-0.39, 0.29) is 0 Å². The summed E-state index contributed by atoms with van der Waals surface area (Å²) in [7, 11) is -3.11. The molecule has 4 nitrogen and oxygen atoms in total. The second-order valence-electron chi connectivity index (χ2n) is 4.70. The summed E-state index contributed by atoms with van der Waals surface area (Å²) in [6.45, 7) is 1.59. The lowest BCUT2D eigenvalue weighted by molar-refractivity contribution is 0.601. The third-order valence-electron chi connectivity index (χ3n) is 2.99. The van der Waals surface area contributed by atoms with Crippen molar-refractivity contribution in [1.29, 1.82) is 0 Å². The van der Waals surface area contributed by atoms with Crippen molar-refractivity contribution in [1.82, 2.24) is 10.3 Å². The maximum Gasteiger partial charge on any atom is 0.175 e. The molecule has 20 heavy (non-hydrogen) atoms. The van der Waals surface area contributed by atoms with Crippen LogP contribution in [0, 0.1) is 0 Å². The van der Waals surface area contributed by atoms with E-state index in [0.29, 0.717) is 4.90 Å². The zero-order chi connectivity index (χ0) is 14.4. The van der Waals surface area contributed by atoms with Crippen LogP contribution in [0.3, 0.4) is 0 Å². The smallest absolute Gasteiger partial charge is 0.175 e. The second-order valence-corrected chi connectivity index (χ2v) is 6.72. The number of hydrogen-bond acceptors (Lipinski definition) is 4. The van der Waals surface area contributed by atoms with Gasteiger partial charge in [-0.15, -0.1) is 0 Å². The van der Waals surface area contributed by atoms with Crippen molar-refractivity contribution in [2.24, 2.45) is 0 Å². The SMILES string of the molecule is CS(=O)(=O)c1ccc(CNCCc2cccnc2)cc1. The number of aromatic nitrogens is 1. The standard InChI is InChI=1S/C15H18N2O2S/c1-20(18,19)15-6-4-14(5-7-15)12-17-10-8-13-3-2-9-16-11-13/h2-7,9,11,17H,8,10,12H2,1H3. The van der Waals surface area contributed by atoms with E-state index in [1.807, 2.05) is 24.4 Å². The molecule has 0 saturated carbocycles. The first-order valence-corrected chi connectivity index (χ1v) is 8.33. The van der Waals surface area contributed by atoms with Crippen molar-refractivity contribution in [2.75, 3.05) is 12.8 Å². The summed E-state index contributed by atoms with van der Waals surface area (Å²) >= 11 is 0. The molecule has 1 aromatic carbocycles. The first kappa shape index (κ1) is 14.7. The maximum atomic E-state index is 11.3. The van der Waals surface area contributed by atoms with Gasteiger partial charge in [0.2, 0.25) is 0 Å². The van der Waals surface area contributed by atoms with E-state index in [4.69, 9.17) is 0 Å². The molecule has 2 aromatic rings. The maximum absolute atomic E-state index is 11.3. The Bertz CT molecular complexity index is 637. The third-order valence-corrected chi connectivity index (χ3v) is 4.12. The Morgan fingerprint density at radius 2 is 1.85 bits per heavy atom. The summed E-state index contributed by atoms with van der Waals surface area (Å²) in [6.07, 6.45) is 5.77. The van der Waals surface area contributed by atoms with Gasteiger partial charge in [-0.1, -0.05) is 18.2 Å². The van der Waals surface area contributed by atoms with Crippen LogP contribution >= 0.6 is 0 Å². The number of nitrogens with one attached hydrogen (secondary N) is 1. The van der Waals surface area contributed by atoms with Crippen molar-refractivity contribution < 1.29 is 8.42 Å². The molecule has 0 bridgehead atoms. The molecule has 1 heterocycles. The monoisotopic (exact) mass is 290 g/mol. The van der Waals surface area contributed by atoms with Crippen molar-refractivity contribution in [2.45, 2.75) is 17.9 Å². The second kappa shape index (κ2) is 6.63. The molecule has 0 aliphatic rings. The highest BCUT2D eigenvalue weighted by atomic mass is 32.2. The van der Waals surface area contributed by atoms with Crippen LogP contribution in [0.4, 0.5) is 0 Å². The summed E-state index contributed by atoms with van der Waals surface area (Å²) in [4.78, 5) is 4.43. The van der Waals surface area contributed by atoms with E-state index in [1.165, 1.54) is 11.8 Å². The van der Waals surface area contributed by atoms with Gasteiger partial charge in [-0.3, -0.25) is 4.98 Å².